The van der Waals surface area contributed by atoms with Gasteiger partial charge in [-0.15, -0.1) is 0 Å². The molecule has 0 fully saturated rings. The van der Waals surface area contributed by atoms with Gasteiger partial charge >= 0.3 is 0 Å². The lowest BCUT2D eigenvalue weighted by Crippen LogP contribution is -2.31. The number of hydrazine groups is 1. The van der Waals surface area contributed by atoms with Crippen LogP contribution in [0.25, 0.3) is 0 Å². The van der Waals surface area contributed by atoms with Crippen LogP contribution in [0.15, 0.2) is 27.4 Å². The molecule has 2 aromatic rings. The van der Waals surface area contributed by atoms with Crippen LogP contribution in [0, 0.1) is 6.92 Å². The molecule has 104 valence electrons. The van der Waals surface area contributed by atoms with Gasteiger partial charge in [-0.05, 0) is 34.5 Å². The summed E-state index contributed by atoms with van der Waals surface area (Å²) in [5.74, 6) is 6.47. The number of rotatable bonds is 6. The Labute approximate surface area is 120 Å². The van der Waals surface area contributed by atoms with Crippen LogP contribution in [0.5, 0.6) is 0 Å². The number of aromatic nitrogens is 2. The quantitative estimate of drug-likeness (QED) is 0.624. The summed E-state index contributed by atoms with van der Waals surface area (Å²) in [5.41, 5.74) is 4.73. The molecular formula is C12H17BrN4O2. The molecule has 1 unspecified atom stereocenters. The molecule has 0 aliphatic carbocycles. The molecule has 3 N–H and O–H groups in total. The van der Waals surface area contributed by atoms with Gasteiger partial charge in [0.05, 0.1) is 35.8 Å². The summed E-state index contributed by atoms with van der Waals surface area (Å²) in [6.07, 6.45) is 3.40. The summed E-state index contributed by atoms with van der Waals surface area (Å²) in [5, 5.41) is 4.31. The standard InChI is InChI=1S/C12H17BrN4O2/c1-8-3-5-19-12(8)10(16-14)11-9(13)7-15-17(11)4-6-18-2/h3,5,7,10,16H,4,6,14H2,1-2H3. The van der Waals surface area contributed by atoms with Crippen LogP contribution < -0.4 is 11.3 Å². The molecule has 0 spiro atoms. The van der Waals surface area contributed by atoms with Crippen molar-refractivity contribution in [1.82, 2.24) is 15.2 Å². The summed E-state index contributed by atoms with van der Waals surface area (Å²) < 4.78 is 13.3. The van der Waals surface area contributed by atoms with Gasteiger partial charge in [-0.2, -0.15) is 5.10 Å². The maximum Gasteiger partial charge on any atom is 0.131 e. The molecule has 0 radical (unpaired) electrons. The molecule has 2 heterocycles. The van der Waals surface area contributed by atoms with Gasteiger partial charge in [-0.3, -0.25) is 10.5 Å². The predicted octanol–water partition coefficient (Wildman–Crippen LogP) is 1.75. The average Bonchev–Trinajstić information content (AvgIpc) is 2.97. The van der Waals surface area contributed by atoms with Crippen LogP contribution in [0.1, 0.15) is 23.1 Å². The number of furan rings is 1. The Balaban J connectivity index is 2.38. The maximum atomic E-state index is 5.69. The van der Waals surface area contributed by atoms with Crippen LogP contribution >= 0.6 is 15.9 Å². The third kappa shape index (κ3) is 2.89. The summed E-state index contributed by atoms with van der Waals surface area (Å²) in [7, 11) is 1.66. The van der Waals surface area contributed by atoms with Crippen molar-refractivity contribution in [2.45, 2.75) is 19.5 Å². The number of hydrogen-bond acceptors (Lipinski definition) is 5. The SMILES string of the molecule is COCCn1ncc(Br)c1C(NN)c1occc1C. The van der Waals surface area contributed by atoms with Gasteiger partial charge in [-0.25, -0.2) is 5.43 Å². The number of ether oxygens (including phenoxy) is 1. The van der Waals surface area contributed by atoms with E-state index in [1.54, 1.807) is 19.6 Å². The lowest BCUT2D eigenvalue weighted by atomic mass is 10.1. The van der Waals surface area contributed by atoms with E-state index < -0.39 is 0 Å². The van der Waals surface area contributed by atoms with Crippen molar-refractivity contribution < 1.29 is 9.15 Å². The molecule has 19 heavy (non-hydrogen) atoms. The number of nitrogens with two attached hydrogens (primary N) is 1. The van der Waals surface area contributed by atoms with Gasteiger partial charge in [0, 0.05) is 7.11 Å². The van der Waals surface area contributed by atoms with Gasteiger partial charge in [0.2, 0.25) is 0 Å². The van der Waals surface area contributed by atoms with E-state index in [2.05, 4.69) is 26.5 Å². The van der Waals surface area contributed by atoms with Crippen LogP contribution in [0.3, 0.4) is 0 Å². The smallest absolute Gasteiger partial charge is 0.131 e. The summed E-state index contributed by atoms with van der Waals surface area (Å²) in [4.78, 5) is 0. The maximum absolute atomic E-state index is 5.69. The molecule has 2 aromatic heterocycles. The lowest BCUT2D eigenvalue weighted by molar-refractivity contribution is 0.181. The highest BCUT2D eigenvalue weighted by molar-refractivity contribution is 9.10. The monoisotopic (exact) mass is 328 g/mol. The Bertz CT molecular complexity index is 538. The first-order valence-corrected chi connectivity index (χ1v) is 6.68. The van der Waals surface area contributed by atoms with E-state index in [1.807, 2.05) is 17.7 Å². The van der Waals surface area contributed by atoms with Gasteiger partial charge in [-0.1, -0.05) is 0 Å². The topological polar surface area (TPSA) is 78.2 Å². The summed E-state index contributed by atoms with van der Waals surface area (Å²) in [6, 6.07) is 1.65. The highest BCUT2D eigenvalue weighted by Crippen LogP contribution is 2.30. The Morgan fingerprint density at radius 3 is 3.00 bits per heavy atom. The van der Waals surface area contributed by atoms with Crippen molar-refractivity contribution in [3.8, 4) is 0 Å². The van der Waals surface area contributed by atoms with Crippen LogP contribution in [-0.4, -0.2) is 23.5 Å². The number of nitrogens with zero attached hydrogens (tertiary/aromatic N) is 2. The molecule has 0 amide bonds. The molecular weight excluding hydrogens is 312 g/mol. The largest absolute Gasteiger partial charge is 0.467 e. The van der Waals surface area contributed by atoms with E-state index in [0.29, 0.717) is 13.2 Å². The van der Waals surface area contributed by atoms with Crippen molar-refractivity contribution in [2.75, 3.05) is 13.7 Å². The molecule has 1 atom stereocenters. The highest BCUT2D eigenvalue weighted by Gasteiger charge is 2.24. The zero-order valence-electron chi connectivity index (χ0n) is 10.9. The molecule has 2 rings (SSSR count). The first-order valence-electron chi connectivity index (χ1n) is 5.89. The average molecular weight is 329 g/mol. The van der Waals surface area contributed by atoms with Gasteiger partial charge in [0.1, 0.15) is 11.8 Å². The normalized spacial score (nSPS) is 12.8. The van der Waals surface area contributed by atoms with Crippen LogP contribution in [0.2, 0.25) is 0 Å². The third-order valence-corrected chi connectivity index (χ3v) is 3.56. The predicted molar refractivity (Wildman–Crippen MR) is 74.4 cm³/mol. The fraction of sp³-hybridized carbons (Fsp3) is 0.417. The second-order valence-corrected chi connectivity index (χ2v) is 5.02. The summed E-state index contributed by atoms with van der Waals surface area (Å²) >= 11 is 3.50. The highest BCUT2D eigenvalue weighted by atomic mass is 79.9. The number of nitrogens with one attached hydrogen (secondary N) is 1. The molecule has 0 aliphatic rings. The van der Waals surface area contributed by atoms with E-state index in [1.165, 1.54) is 0 Å². The molecule has 7 heteroatoms. The first-order chi connectivity index (χ1) is 9.19. The Morgan fingerprint density at radius 2 is 2.42 bits per heavy atom. The number of hydrogen-bond donors (Lipinski definition) is 2. The van der Waals surface area contributed by atoms with Crippen molar-refractivity contribution in [2.24, 2.45) is 5.84 Å². The van der Waals surface area contributed by atoms with Crippen molar-refractivity contribution in [3.63, 3.8) is 0 Å². The fourth-order valence-electron chi connectivity index (χ4n) is 1.97. The van der Waals surface area contributed by atoms with Crippen LogP contribution in [-0.2, 0) is 11.3 Å². The first kappa shape index (κ1) is 14.3. The molecule has 0 aliphatic heterocycles. The van der Waals surface area contributed by atoms with E-state index in [9.17, 15) is 0 Å². The number of methoxy groups -OCH3 is 1. The van der Waals surface area contributed by atoms with Gasteiger partial charge in [0.15, 0.2) is 0 Å². The van der Waals surface area contributed by atoms with Crippen molar-refractivity contribution in [1.29, 1.82) is 0 Å². The molecule has 6 nitrogen and oxygen atoms in total. The van der Waals surface area contributed by atoms with Crippen molar-refractivity contribution >= 4 is 15.9 Å². The second kappa shape index (κ2) is 6.33. The second-order valence-electron chi connectivity index (χ2n) is 4.16. The summed E-state index contributed by atoms with van der Waals surface area (Å²) in [6.45, 7) is 3.21. The van der Waals surface area contributed by atoms with Crippen LogP contribution in [0.4, 0.5) is 0 Å². The number of aryl methyl sites for hydroxylation is 1. The van der Waals surface area contributed by atoms with E-state index in [-0.39, 0.29) is 6.04 Å². The lowest BCUT2D eigenvalue weighted by Gasteiger charge is -2.17. The molecule has 0 saturated heterocycles. The number of halogens is 1. The Morgan fingerprint density at radius 1 is 1.63 bits per heavy atom. The van der Waals surface area contributed by atoms with E-state index >= 15 is 0 Å². The minimum absolute atomic E-state index is 0.260. The van der Waals surface area contributed by atoms with E-state index in [0.717, 1.165) is 21.5 Å². The molecule has 0 aromatic carbocycles. The molecule has 0 saturated carbocycles. The fourth-order valence-corrected chi connectivity index (χ4v) is 2.50. The van der Waals surface area contributed by atoms with Gasteiger partial charge < -0.3 is 9.15 Å². The van der Waals surface area contributed by atoms with Gasteiger partial charge in [0.25, 0.3) is 0 Å². The minimum atomic E-state index is -0.260. The third-order valence-electron chi connectivity index (χ3n) is 2.94. The zero-order chi connectivity index (χ0) is 13.8. The molecule has 0 bridgehead atoms. The van der Waals surface area contributed by atoms with E-state index in [4.69, 9.17) is 15.0 Å². The zero-order valence-corrected chi connectivity index (χ0v) is 12.5. The minimum Gasteiger partial charge on any atom is -0.467 e. The Hall–Kier alpha value is -1.15. The Kier molecular flexibility index (Phi) is 4.76. The van der Waals surface area contributed by atoms with Crippen molar-refractivity contribution in [3.05, 3.63) is 40.0 Å².